The van der Waals surface area contributed by atoms with E-state index in [9.17, 15) is 4.79 Å². The molecule has 0 spiro atoms. The van der Waals surface area contributed by atoms with Gasteiger partial charge in [-0.25, -0.2) is 4.79 Å². The minimum absolute atomic E-state index is 0.150. The second-order valence-electron chi connectivity index (χ2n) is 5.41. The molecule has 0 aliphatic heterocycles. The number of carbonyl (C=O) groups excluding carboxylic acids is 1. The summed E-state index contributed by atoms with van der Waals surface area (Å²) in [4.78, 5) is 11.8. The quantitative estimate of drug-likeness (QED) is 0.205. The lowest BCUT2D eigenvalue weighted by atomic mass is 10.5. The minimum atomic E-state index is -2.61. The molecule has 8 nitrogen and oxygen atoms in total. The molecule has 2 amide bonds. The summed E-state index contributed by atoms with van der Waals surface area (Å²) < 4.78 is 19.5. The predicted octanol–water partition coefficient (Wildman–Crippen LogP) is 1.04. The zero-order valence-electron chi connectivity index (χ0n) is 16.2. The van der Waals surface area contributed by atoms with Gasteiger partial charge in [0.1, 0.15) is 0 Å². The van der Waals surface area contributed by atoms with E-state index in [4.69, 9.17) is 13.3 Å². The van der Waals surface area contributed by atoms with Gasteiger partial charge in [-0.15, -0.1) is 0 Å². The van der Waals surface area contributed by atoms with Gasteiger partial charge in [0.15, 0.2) is 0 Å². The van der Waals surface area contributed by atoms with E-state index in [0.29, 0.717) is 39.0 Å². The maximum Gasteiger partial charge on any atom is 0.500 e. The summed E-state index contributed by atoms with van der Waals surface area (Å²) in [7, 11) is 1.98. The largest absolute Gasteiger partial charge is 0.500 e. The van der Waals surface area contributed by atoms with Gasteiger partial charge in [-0.3, -0.25) is 4.67 Å². The molecule has 0 saturated carbocycles. The Kier molecular flexibility index (Phi) is 15.8. The SMILES string of the molecule is CCO[Si](CCCNC(=O)NCCN(P)CCNC)(OCC)OCC. The van der Waals surface area contributed by atoms with Crippen molar-refractivity contribution in [1.29, 1.82) is 0 Å². The van der Waals surface area contributed by atoms with Crippen LogP contribution in [0.4, 0.5) is 4.79 Å². The third kappa shape index (κ3) is 12.7. The first-order chi connectivity index (χ1) is 12.0. The Bertz CT molecular complexity index is 326. The van der Waals surface area contributed by atoms with Gasteiger partial charge in [-0.1, -0.05) is 9.39 Å². The number of amides is 2. The Morgan fingerprint density at radius 2 is 1.48 bits per heavy atom. The Labute approximate surface area is 156 Å². The molecule has 0 heterocycles. The summed E-state index contributed by atoms with van der Waals surface area (Å²) in [6, 6.07) is 0.551. The fourth-order valence-corrected chi connectivity index (χ4v) is 5.12. The molecule has 0 radical (unpaired) electrons. The standard InChI is InChI=1S/C15H37N4O4PSi/c1-5-21-25(22-6-2,23-7-3)14-8-9-17-15(20)18-11-13-19(24)12-10-16-4/h16H,5-14,24H2,1-4H3,(H2,17,18,20). The van der Waals surface area contributed by atoms with Crippen LogP contribution in [0.3, 0.4) is 0 Å². The molecule has 3 N–H and O–H groups in total. The Morgan fingerprint density at radius 1 is 0.960 bits per heavy atom. The van der Waals surface area contributed by atoms with Crippen molar-refractivity contribution in [3.05, 3.63) is 0 Å². The predicted molar refractivity (Wildman–Crippen MR) is 107 cm³/mol. The molecule has 0 rings (SSSR count). The van der Waals surface area contributed by atoms with Crippen molar-refractivity contribution in [3.63, 3.8) is 0 Å². The molecule has 0 aromatic rings. The Balaban J connectivity index is 3.97. The van der Waals surface area contributed by atoms with E-state index in [0.717, 1.165) is 26.1 Å². The third-order valence-corrected chi connectivity index (χ3v) is 7.04. The van der Waals surface area contributed by atoms with Gasteiger partial charge in [0, 0.05) is 58.6 Å². The summed E-state index contributed by atoms with van der Waals surface area (Å²) in [6.45, 7) is 11.3. The topological polar surface area (TPSA) is 84.1 Å². The van der Waals surface area contributed by atoms with Crippen molar-refractivity contribution in [2.75, 3.05) is 59.6 Å². The van der Waals surface area contributed by atoms with E-state index < -0.39 is 8.80 Å². The second-order valence-corrected chi connectivity index (χ2v) is 8.87. The third-order valence-electron chi connectivity index (χ3n) is 3.37. The molecule has 1 unspecified atom stereocenters. The number of urea groups is 1. The van der Waals surface area contributed by atoms with E-state index in [1.54, 1.807) is 0 Å². The average Bonchev–Trinajstić information content (AvgIpc) is 2.57. The molecule has 0 aromatic heterocycles. The maximum absolute atomic E-state index is 11.8. The van der Waals surface area contributed by atoms with Gasteiger partial charge in [0.2, 0.25) is 0 Å². The molecular weight excluding hydrogens is 359 g/mol. The van der Waals surface area contributed by atoms with Gasteiger partial charge in [-0.2, -0.15) is 0 Å². The highest BCUT2D eigenvalue weighted by atomic mass is 31.0. The van der Waals surface area contributed by atoms with Gasteiger partial charge in [-0.05, 0) is 34.2 Å². The van der Waals surface area contributed by atoms with Gasteiger partial charge < -0.3 is 29.2 Å². The number of hydrogen-bond donors (Lipinski definition) is 3. The van der Waals surface area contributed by atoms with E-state index in [1.807, 2.05) is 27.8 Å². The first kappa shape index (κ1) is 24.7. The molecule has 150 valence electrons. The van der Waals surface area contributed by atoms with Crippen LogP contribution < -0.4 is 16.0 Å². The molecule has 0 aliphatic rings. The zero-order chi connectivity index (χ0) is 19.0. The number of nitrogens with zero attached hydrogens (tertiary/aromatic N) is 1. The Morgan fingerprint density at radius 3 is 2.00 bits per heavy atom. The van der Waals surface area contributed by atoms with Crippen LogP contribution in [0.15, 0.2) is 0 Å². The molecule has 0 fully saturated rings. The minimum Gasteiger partial charge on any atom is -0.374 e. The smallest absolute Gasteiger partial charge is 0.374 e. The molecule has 0 aromatic carbocycles. The molecular formula is C15H37N4O4PSi. The van der Waals surface area contributed by atoms with Crippen molar-refractivity contribution >= 4 is 24.2 Å². The summed E-state index contributed by atoms with van der Waals surface area (Å²) in [5, 5.41) is 8.81. The zero-order valence-corrected chi connectivity index (χ0v) is 18.4. The monoisotopic (exact) mass is 396 g/mol. The fourth-order valence-electron chi connectivity index (χ4n) is 2.25. The molecule has 25 heavy (non-hydrogen) atoms. The highest BCUT2D eigenvalue weighted by Gasteiger charge is 2.39. The highest BCUT2D eigenvalue weighted by molar-refractivity contribution is 7.13. The summed E-state index contributed by atoms with van der Waals surface area (Å²) in [5.41, 5.74) is 0. The molecule has 1 atom stereocenters. The Hall–Kier alpha value is -0.283. The first-order valence-corrected chi connectivity index (χ1v) is 11.6. The van der Waals surface area contributed by atoms with Crippen molar-refractivity contribution in [2.45, 2.75) is 33.2 Å². The average molecular weight is 397 g/mol. The summed E-state index contributed by atoms with van der Waals surface area (Å²) in [5.74, 6) is 0. The van der Waals surface area contributed by atoms with Crippen LogP contribution in [0.2, 0.25) is 6.04 Å². The van der Waals surface area contributed by atoms with Crippen LogP contribution in [0.25, 0.3) is 0 Å². The van der Waals surface area contributed by atoms with Crippen LogP contribution in [0.1, 0.15) is 27.2 Å². The van der Waals surface area contributed by atoms with E-state index >= 15 is 0 Å². The van der Waals surface area contributed by atoms with Gasteiger partial charge in [0.05, 0.1) is 0 Å². The molecule has 10 heteroatoms. The summed E-state index contributed by atoms with van der Waals surface area (Å²) >= 11 is 0. The maximum atomic E-state index is 11.8. The second kappa shape index (κ2) is 15.9. The highest BCUT2D eigenvalue weighted by Crippen LogP contribution is 2.17. The van der Waals surface area contributed by atoms with E-state index in [-0.39, 0.29) is 6.03 Å². The van der Waals surface area contributed by atoms with Crippen molar-refractivity contribution in [3.8, 4) is 0 Å². The number of carbonyl (C=O) groups is 1. The molecule has 0 aliphatic carbocycles. The normalized spacial score (nSPS) is 11.8. The lowest BCUT2D eigenvalue weighted by Gasteiger charge is -2.28. The van der Waals surface area contributed by atoms with Crippen LogP contribution in [-0.2, 0) is 13.3 Å². The van der Waals surface area contributed by atoms with Crippen molar-refractivity contribution in [1.82, 2.24) is 20.6 Å². The number of hydrogen-bond acceptors (Lipinski definition) is 6. The number of likely N-dealkylation sites (N-methyl/N-ethyl adjacent to an activating group) is 1. The van der Waals surface area contributed by atoms with Crippen molar-refractivity contribution in [2.24, 2.45) is 0 Å². The lowest BCUT2D eigenvalue weighted by Crippen LogP contribution is -2.46. The van der Waals surface area contributed by atoms with Crippen LogP contribution in [-0.4, -0.2) is 79.1 Å². The molecule has 0 bridgehead atoms. The van der Waals surface area contributed by atoms with Crippen LogP contribution >= 0.6 is 9.39 Å². The first-order valence-electron chi connectivity index (χ1n) is 9.11. The lowest BCUT2D eigenvalue weighted by molar-refractivity contribution is 0.0708. The van der Waals surface area contributed by atoms with E-state index in [2.05, 4.69) is 30.0 Å². The van der Waals surface area contributed by atoms with Crippen molar-refractivity contribution < 1.29 is 18.1 Å². The molecule has 0 saturated heterocycles. The fraction of sp³-hybridized carbons (Fsp3) is 0.933. The van der Waals surface area contributed by atoms with E-state index in [1.165, 1.54) is 0 Å². The van der Waals surface area contributed by atoms with Gasteiger partial charge in [0.25, 0.3) is 0 Å². The van der Waals surface area contributed by atoms with Gasteiger partial charge >= 0.3 is 14.8 Å². The van der Waals surface area contributed by atoms with Crippen LogP contribution in [0.5, 0.6) is 0 Å². The number of nitrogens with one attached hydrogen (secondary N) is 3. The summed E-state index contributed by atoms with van der Waals surface area (Å²) in [6.07, 6.45) is 0.761. The number of rotatable bonds is 16. The van der Waals surface area contributed by atoms with Crippen LogP contribution in [0, 0.1) is 0 Å².